The zero-order chi connectivity index (χ0) is 23.9. The van der Waals surface area contributed by atoms with Gasteiger partial charge in [-0.2, -0.15) is 0 Å². The lowest BCUT2D eigenvalue weighted by molar-refractivity contribution is 0.102. The fraction of sp³-hybridized carbons (Fsp3) is 0.179. The third-order valence-corrected chi connectivity index (χ3v) is 5.93. The number of carbonyl (C=O) groups excluding carboxylic acids is 1. The van der Waals surface area contributed by atoms with E-state index in [0.29, 0.717) is 17.1 Å². The highest BCUT2D eigenvalue weighted by atomic mass is 16.5. The van der Waals surface area contributed by atoms with Crippen LogP contribution in [0.15, 0.2) is 97.3 Å². The smallest absolute Gasteiger partial charge is 0.256 e. The Morgan fingerprint density at radius 3 is 2.17 bits per heavy atom. The number of nitrogens with one attached hydrogen (secondary N) is 1. The van der Waals surface area contributed by atoms with E-state index in [9.17, 15) is 4.79 Å². The third kappa shape index (κ3) is 6.02. The van der Waals surface area contributed by atoms with Crippen LogP contribution in [-0.2, 0) is 6.54 Å². The monoisotopic (exact) mass is 465 g/mol. The molecule has 0 unspecified atom stereocenters. The van der Waals surface area contributed by atoms with E-state index in [-0.39, 0.29) is 5.91 Å². The molecule has 1 aromatic heterocycles. The van der Waals surface area contributed by atoms with Gasteiger partial charge in [-0.25, -0.2) is 9.97 Å². The van der Waals surface area contributed by atoms with E-state index in [2.05, 4.69) is 49.4 Å². The summed E-state index contributed by atoms with van der Waals surface area (Å²) in [7, 11) is 0. The molecule has 1 amide bonds. The Morgan fingerprint density at radius 2 is 1.46 bits per heavy atom. The van der Waals surface area contributed by atoms with Gasteiger partial charge in [0.15, 0.2) is 0 Å². The van der Waals surface area contributed by atoms with Crippen molar-refractivity contribution >= 4 is 17.5 Å². The molecule has 7 heteroatoms. The van der Waals surface area contributed by atoms with E-state index in [0.717, 1.165) is 44.3 Å². The van der Waals surface area contributed by atoms with Crippen LogP contribution < -0.4 is 15.0 Å². The lowest BCUT2D eigenvalue weighted by atomic mass is 10.2. The standard InChI is InChI=1S/C28H27N5O2/c34-28(23-11-13-25(14-12-23)35-24-9-5-2-6-10-24)31-26-19-27(30-21-29-26)33-17-15-32(16-18-33)20-22-7-3-1-4-8-22/h1-14,19,21H,15-18,20H2,(H,29,30,31,34). The molecule has 0 spiro atoms. The van der Waals surface area contributed by atoms with Gasteiger partial charge in [0, 0.05) is 44.4 Å². The summed E-state index contributed by atoms with van der Waals surface area (Å²) >= 11 is 0. The lowest BCUT2D eigenvalue weighted by Crippen LogP contribution is -2.46. The largest absolute Gasteiger partial charge is 0.457 e. The second kappa shape index (κ2) is 10.8. The highest BCUT2D eigenvalue weighted by molar-refractivity contribution is 6.03. The van der Waals surface area contributed by atoms with Gasteiger partial charge in [0.2, 0.25) is 0 Å². The molecule has 1 fully saturated rings. The number of carbonyl (C=O) groups is 1. The summed E-state index contributed by atoms with van der Waals surface area (Å²) < 4.78 is 5.79. The maximum absolute atomic E-state index is 12.8. The average molecular weight is 466 g/mol. The Morgan fingerprint density at radius 1 is 0.800 bits per heavy atom. The SMILES string of the molecule is O=C(Nc1cc(N2CCN(Cc3ccccc3)CC2)ncn1)c1ccc(Oc2ccccc2)cc1. The molecule has 176 valence electrons. The highest BCUT2D eigenvalue weighted by Crippen LogP contribution is 2.22. The molecule has 5 rings (SSSR count). The first-order valence-corrected chi connectivity index (χ1v) is 11.7. The molecule has 1 saturated heterocycles. The Labute approximate surface area is 205 Å². The van der Waals surface area contributed by atoms with Crippen molar-refractivity contribution in [3.63, 3.8) is 0 Å². The van der Waals surface area contributed by atoms with Crippen molar-refractivity contribution in [3.8, 4) is 11.5 Å². The Hall–Kier alpha value is -4.23. The van der Waals surface area contributed by atoms with Crippen LogP contribution in [0, 0.1) is 0 Å². The number of ether oxygens (including phenoxy) is 1. The number of rotatable bonds is 7. The van der Waals surface area contributed by atoms with E-state index in [1.54, 1.807) is 24.3 Å². The van der Waals surface area contributed by atoms with Gasteiger partial charge in [0.25, 0.3) is 5.91 Å². The first-order valence-electron chi connectivity index (χ1n) is 11.7. The molecule has 0 bridgehead atoms. The molecule has 1 N–H and O–H groups in total. The van der Waals surface area contributed by atoms with Gasteiger partial charge in [-0.1, -0.05) is 48.5 Å². The second-order valence-corrected chi connectivity index (χ2v) is 8.40. The molecule has 0 atom stereocenters. The number of piperazine rings is 1. The number of hydrogen-bond acceptors (Lipinski definition) is 6. The summed E-state index contributed by atoms with van der Waals surface area (Å²) in [6.45, 7) is 4.62. The summed E-state index contributed by atoms with van der Waals surface area (Å²) in [6.07, 6.45) is 1.50. The Bertz CT molecular complexity index is 1240. The first-order chi connectivity index (χ1) is 17.2. The summed E-state index contributed by atoms with van der Waals surface area (Å²) in [4.78, 5) is 26.1. The topological polar surface area (TPSA) is 70.6 Å². The third-order valence-electron chi connectivity index (χ3n) is 5.93. The number of anilines is 2. The summed E-state index contributed by atoms with van der Waals surface area (Å²) in [5.41, 5.74) is 1.85. The average Bonchev–Trinajstić information content (AvgIpc) is 2.91. The Balaban J connectivity index is 1.16. The van der Waals surface area contributed by atoms with Crippen molar-refractivity contribution in [1.82, 2.24) is 14.9 Å². The van der Waals surface area contributed by atoms with E-state index < -0.39 is 0 Å². The van der Waals surface area contributed by atoms with Crippen LogP contribution in [0.3, 0.4) is 0 Å². The number of hydrogen-bond donors (Lipinski definition) is 1. The number of para-hydroxylation sites is 1. The highest BCUT2D eigenvalue weighted by Gasteiger charge is 2.19. The van der Waals surface area contributed by atoms with E-state index >= 15 is 0 Å². The zero-order valence-corrected chi connectivity index (χ0v) is 19.4. The quantitative estimate of drug-likeness (QED) is 0.421. The van der Waals surface area contributed by atoms with Crippen molar-refractivity contribution in [2.45, 2.75) is 6.54 Å². The van der Waals surface area contributed by atoms with Crippen LogP contribution in [0.5, 0.6) is 11.5 Å². The molecule has 1 aliphatic rings. The molecule has 2 heterocycles. The Kier molecular flexibility index (Phi) is 6.96. The molecule has 0 radical (unpaired) electrons. The lowest BCUT2D eigenvalue weighted by Gasteiger charge is -2.35. The van der Waals surface area contributed by atoms with Gasteiger partial charge in [-0.3, -0.25) is 9.69 Å². The molecule has 0 saturated carbocycles. The fourth-order valence-corrected chi connectivity index (χ4v) is 4.05. The number of amides is 1. The maximum atomic E-state index is 12.8. The number of nitrogens with zero attached hydrogens (tertiary/aromatic N) is 4. The van der Waals surface area contributed by atoms with Gasteiger partial charge in [-0.05, 0) is 42.0 Å². The van der Waals surface area contributed by atoms with Crippen molar-refractivity contribution in [2.24, 2.45) is 0 Å². The van der Waals surface area contributed by atoms with Crippen LogP contribution in [0.1, 0.15) is 15.9 Å². The van der Waals surface area contributed by atoms with Crippen LogP contribution in [-0.4, -0.2) is 47.0 Å². The molecular weight excluding hydrogens is 438 g/mol. The van der Waals surface area contributed by atoms with Gasteiger partial charge in [0.1, 0.15) is 29.5 Å². The van der Waals surface area contributed by atoms with Crippen LogP contribution in [0.25, 0.3) is 0 Å². The molecule has 35 heavy (non-hydrogen) atoms. The summed E-state index contributed by atoms with van der Waals surface area (Å²) in [6, 6.07) is 28.9. The van der Waals surface area contributed by atoms with Gasteiger partial charge in [0.05, 0.1) is 0 Å². The minimum atomic E-state index is -0.228. The van der Waals surface area contributed by atoms with Crippen molar-refractivity contribution in [2.75, 3.05) is 36.4 Å². The van der Waals surface area contributed by atoms with E-state index in [1.165, 1.54) is 11.9 Å². The molecule has 4 aromatic rings. The first kappa shape index (κ1) is 22.6. The van der Waals surface area contributed by atoms with E-state index in [1.807, 2.05) is 42.5 Å². The number of benzene rings is 3. The fourth-order valence-electron chi connectivity index (χ4n) is 4.05. The summed E-state index contributed by atoms with van der Waals surface area (Å²) in [5.74, 6) is 2.49. The second-order valence-electron chi connectivity index (χ2n) is 8.40. The van der Waals surface area contributed by atoms with Crippen molar-refractivity contribution < 1.29 is 9.53 Å². The minimum Gasteiger partial charge on any atom is -0.457 e. The maximum Gasteiger partial charge on any atom is 0.256 e. The summed E-state index contributed by atoms with van der Waals surface area (Å²) in [5, 5.41) is 2.88. The van der Waals surface area contributed by atoms with Crippen LogP contribution in [0.2, 0.25) is 0 Å². The normalized spacial score (nSPS) is 13.9. The minimum absolute atomic E-state index is 0.228. The van der Waals surface area contributed by atoms with Gasteiger partial charge >= 0.3 is 0 Å². The predicted molar refractivity (Wildman–Crippen MR) is 137 cm³/mol. The molecule has 1 aliphatic heterocycles. The predicted octanol–water partition coefficient (Wildman–Crippen LogP) is 4.84. The van der Waals surface area contributed by atoms with Gasteiger partial charge in [-0.15, -0.1) is 0 Å². The van der Waals surface area contributed by atoms with Gasteiger partial charge < -0.3 is 15.0 Å². The molecule has 0 aliphatic carbocycles. The van der Waals surface area contributed by atoms with Crippen molar-refractivity contribution in [3.05, 3.63) is 108 Å². The van der Waals surface area contributed by atoms with Crippen LogP contribution >= 0.6 is 0 Å². The molecule has 3 aromatic carbocycles. The van der Waals surface area contributed by atoms with Crippen molar-refractivity contribution in [1.29, 1.82) is 0 Å². The van der Waals surface area contributed by atoms with Crippen LogP contribution in [0.4, 0.5) is 11.6 Å². The zero-order valence-electron chi connectivity index (χ0n) is 19.4. The molecular formula is C28H27N5O2. The molecule has 7 nitrogen and oxygen atoms in total. The van der Waals surface area contributed by atoms with E-state index in [4.69, 9.17) is 4.74 Å². The number of aromatic nitrogens is 2.